The first kappa shape index (κ1) is 20.6. The lowest BCUT2D eigenvalue weighted by Gasteiger charge is -2.20. The second kappa shape index (κ2) is 9.92. The van der Waals surface area contributed by atoms with Crippen molar-refractivity contribution in [2.24, 2.45) is 0 Å². The van der Waals surface area contributed by atoms with Crippen LogP contribution in [0.1, 0.15) is 30.9 Å². The van der Waals surface area contributed by atoms with E-state index in [-0.39, 0.29) is 12.5 Å². The van der Waals surface area contributed by atoms with Crippen LogP contribution in [0.25, 0.3) is 10.9 Å². The van der Waals surface area contributed by atoms with Gasteiger partial charge in [-0.1, -0.05) is 55.5 Å². The molecule has 0 aliphatic carbocycles. The molecule has 0 aliphatic heterocycles. The molecule has 0 spiro atoms. The van der Waals surface area contributed by atoms with E-state index in [9.17, 15) is 14.7 Å². The maximum absolute atomic E-state index is 12.8. The van der Waals surface area contributed by atoms with Gasteiger partial charge in [0.25, 0.3) is 0 Å². The summed E-state index contributed by atoms with van der Waals surface area (Å²) >= 11 is 0. The molecule has 5 heteroatoms. The molecule has 1 amide bonds. The molecule has 29 heavy (non-hydrogen) atoms. The number of nitrogens with zero attached hydrogens (tertiary/aromatic N) is 2. The van der Waals surface area contributed by atoms with E-state index in [1.807, 2.05) is 42.5 Å². The molecule has 0 saturated carbocycles. The Morgan fingerprint density at radius 3 is 2.45 bits per heavy atom. The third kappa shape index (κ3) is 5.47. The second-order valence-corrected chi connectivity index (χ2v) is 7.31. The maximum atomic E-state index is 12.8. The van der Waals surface area contributed by atoms with Gasteiger partial charge in [-0.25, -0.2) is 0 Å². The fraction of sp³-hybridized carbons (Fsp3) is 0.333. The summed E-state index contributed by atoms with van der Waals surface area (Å²) in [6.07, 6.45) is 4.74. The van der Waals surface area contributed by atoms with E-state index >= 15 is 0 Å². The number of carboxylic acid groups (broad SMARTS) is 1. The third-order valence-corrected chi connectivity index (χ3v) is 5.14. The van der Waals surface area contributed by atoms with Crippen molar-refractivity contribution in [3.63, 3.8) is 0 Å². The number of rotatable bonds is 10. The van der Waals surface area contributed by atoms with Gasteiger partial charge < -0.3 is 14.6 Å². The standard InChI is InChI=1S/C24H28N2O3/c1-2-15-25-17-20(21-10-6-7-11-22(21)25)12-13-23(27)26(18-24(28)29)16-14-19-8-4-3-5-9-19/h3-11,17H,2,12-16,18H2,1H3,(H,28,29). The summed E-state index contributed by atoms with van der Waals surface area (Å²) in [5.74, 6) is -1.10. The number of hydrogen-bond acceptors (Lipinski definition) is 2. The number of carboxylic acids is 1. The maximum Gasteiger partial charge on any atom is 0.323 e. The summed E-state index contributed by atoms with van der Waals surface area (Å²) in [5.41, 5.74) is 3.42. The number of para-hydroxylation sites is 1. The molecule has 0 aliphatic rings. The molecule has 1 heterocycles. The Morgan fingerprint density at radius 1 is 1.00 bits per heavy atom. The summed E-state index contributed by atoms with van der Waals surface area (Å²) in [4.78, 5) is 25.5. The number of benzene rings is 2. The van der Waals surface area contributed by atoms with Crippen LogP contribution in [0.4, 0.5) is 0 Å². The topological polar surface area (TPSA) is 62.5 Å². The minimum Gasteiger partial charge on any atom is -0.480 e. The SMILES string of the molecule is CCCn1cc(CCC(=O)N(CCc2ccccc2)CC(=O)O)c2ccccc21. The van der Waals surface area contributed by atoms with Crippen molar-refractivity contribution >= 4 is 22.8 Å². The van der Waals surface area contributed by atoms with Crippen LogP contribution >= 0.6 is 0 Å². The van der Waals surface area contributed by atoms with Crippen LogP contribution < -0.4 is 0 Å². The number of aliphatic carboxylic acids is 1. The van der Waals surface area contributed by atoms with Crippen molar-refractivity contribution in [3.8, 4) is 0 Å². The van der Waals surface area contributed by atoms with Gasteiger partial charge in [0.15, 0.2) is 0 Å². The number of carbonyl (C=O) groups is 2. The van der Waals surface area contributed by atoms with E-state index in [0.717, 1.165) is 24.1 Å². The van der Waals surface area contributed by atoms with Gasteiger partial charge in [-0.05, 0) is 36.5 Å². The van der Waals surface area contributed by atoms with Gasteiger partial charge in [-0.3, -0.25) is 9.59 Å². The number of carbonyl (C=O) groups excluding carboxylic acids is 1. The Bertz CT molecular complexity index is 963. The van der Waals surface area contributed by atoms with E-state index in [1.165, 1.54) is 15.8 Å². The van der Waals surface area contributed by atoms with Crippen LogP contribution in [0.2, 0.25) is 0 Å². The lowest BCUT2D eigenvalue weighted by atomic mass is 10.1. The molecule has 0 atom stereocenters. The lowest BCUT2D eigenvalue weighted by Crippen LogP contribution is -2.37. The summed E-state index contributed by atoms with van der Waals surface area (Å²) in [7, 11) is 0. The van der Waals surface area contributed by atoms with E-state index < -0.39 is 5.97 Å². The molecule has 0 unspecified atom stereocenters. The number of hydrogen-bond donors (Lipinski definition) is 1. The number of fused-ring (bicyclic) bond motifs is 1. The van der Waals surface area contributed by atoms with E-state index in [2.05, 4.69) is 29.8 Å². The third-order valence-electron chi connectivity index (χ3n) is 5.14. The second-order valence-electron chi connectivity index (χ2n) is 7.31. The highest BCUT2D eigenvalue weighted by Crippen LogP contribution is 2.23. The number of amides is 1. The monoisotopic (exact) mass is 392 g/mol. The molecule has 0 saturated heterocycles. The van der Waals surface area contributed by atoms with Crippen LogP contribution in [-0.2, 0) is 29.0 Å². The molecule has 2 aromatic carbocycles. The van der Waals surface area contributed by atoms with Crippen molar-refractivity contribution in [1.82, 2.24) is 9.47 Å². The highest BCUT2D eigenvalue weighted by molar-refractivity contribution is 5.85. The zero-order chi connectivity index (χ0) is 20.6. The summed E-state index contributed by atoms with van der Waals surface area (Å²) < 4.78 is 2.24. The zero-order valence-corrected chi connectivity index (χ0v) is 16.9. The largest absolute Gasteiger partial charge is 0.480 e. The molecular formula is C24H28N2O3. The lowest BCUT2D eigenvalue weighted by molar-refractivity contribution is -0.144. The molecule has 5 nitrogen and oxygen atoms in total. The Balaban J connectivity index is 1.68. The summed E-state index contributed by atoms with van der Waals surface area (Å²) in [6, 6.07) is 18.1. The fourth-order valence-corrected chi connectivity index (χ4v) is 3.71. The average Bonchev–Trinajstić information content (AvgIpc) is 3.08. The highest BCUT2D eigenvalue weighted by atomic mass is 16.4. The predicted molar refractivity (Wildman–Crippen MR) is 115 cm³/mol. The first-order valence-corrected chi connectivity index (χ1v) is 10.2. The zero-order valence-electron chi connectivity index (χ0n) is 16.9. The van der Waals surface area contributed by atoms with E-state index in [4.69, 9.17) is 0 Å². The quantitative estimate of drug-likeness (QED) is 0.564. The van der Waals surface area contributed by atoms with Crippen molar-refractivity contribution in [3.05, 3.63) is 71.9 Å². The van der Waals surface area contributed by atoms with Gasteiger partial charge in [0.2, 0.25) is 5.91 Å². The number of aromatic nitrogens is 1. The first-order chi connectivity index (χ1) is 14.1. The van der Waals surface area contributed by atoms with Crippen LogP contribution in [0.5, 0.6) is 0 Å². The Kier molecular flexibility index (Phi) is 7.06. The summed E-state index contributed by atoms with van der Waals surface area (Å²) in [6.45, 7) is 3.24. The normalized spacial score (nSPS) is 10.9. The van der Waals surface area contributed by atoms with Crippen LogP contribution in [0, 0.1) is 0 Å². The average molecular weight is 392 g/mol. The van der Waals surface area contributed by atoms with Crippen molar-refractivity contribution < 1.29 is 14.7 Å². The van der Waals surface area contributed by atoms with Gasteiger partial charge >= 0.3 is 5.97 Å². The first-order valence-electron chi connectivity index (χ1n) is 10.2. The van der Waals surface area contributed by atoms with Crippen molar-refractivity contribution in [1.29, 1.82) is 0 Å². The fourth-order valence-electron chi connectivity index (χ4n) is 3.71. The predicted octanol–water partition coefficient (Wildman–Crippen LogP) is 4.14. The Labute approximate surface area is 171 Å². The van der Waals surface area contributed by atoms with Gasteiger partial charge in [-0.2, -0.15) is 0 Å². The van der Waals surface area contributed by atoms with Gasteiger partial charge in [-0.15, -0.1) is 0 Å². The van der Waals surface area contributed by atoms with E-state index in [1.54, 1.807) is 0 Å². The van der Waals surface area contributed by atoms with Gasteiger partial charge in [0, 0.05) is 36.6 Å². The molecule has 0 radical (unpaired) electrons. The van der Waals surface area contributed by atoms with Gasteiger partial charge in [0.1, 0.15) is 6.54 Å². The van der Waals surface area contributed by atoms with Crippen molar-refractivity contribution in [2.75, 3.05) is 13.1 Å². The molecular weight excluding hydrogens is 364 g/mol. The van der Waals surface area contributed by atoms with Crippen molar-refractivity contribution in [2.45, 2.75) is 39.2 Å². The van der Waals surface area contributed by atoms with Gasteiger partial charge in [0.05, 0.1) is 0 Å². The molecule has 3 aromatic rings. The highest BCUT2D eigenvalue weighted by Gasteiger charge is 2.18. The molecule has 1 N–H and O–H groups in total. The Morgan fingerprint density at radius 2 is 1.72 bits per heavy atom. The minimum atomic E-state index is -0.981. The van der Waals surface area contributed by atoms with Crippen LogP contribution in [0.15, 0.2) is 60.8 Å². The van der Waals surface area contributed by atoms with Crippen LogP contribution in [0.3, 0.4) is 0 Å². The smallest absolute Gasteiger partial charge is 0.323 e. The number of aryl methyl sites for hydroxylation is 2. The molecule has 1 aromatic heterocycles. The minimum absolute atomic E-state index is 0.115. The van der Waals surface area contributed by atoms with E-state index in [0.29, 0.717) is 25.8 Å². The molecule has 0 bridgehead atoms. The Hall–Kier alpha value is -3.08. The summed E-state index contributed by atoms with van der Waals surface area (Å²) in [5, 5.41) is 10.4. The molecule has 152 valence electrons. The molecule has 0 fully saturated rings. The molecule has 3 rings (SSSR count). The van der Waals surface area contributed by atoms with Crippen LogP contribution in [-0.4, -0.2) is 39.5 Å².